The summed E-state index contributed by atoms with van der Waals surface area (Å²) < 4.78 is 38.9. The van der Waals surface area contributed by atoms with E-state index in [1.54, 1.807) is 60.9 Å². The highest BCUT2D eigenvalue weighted by Gasteiger charge is 2.30. The molecule has 0 radical (unpaired) electrons. The Labute approximate surface area is 268 Å². The second kappa shape index (κ2) is 14.1. The lowest BCUT2D eigenvalue weighted by atomic mass is 9.95. The Hall–Kier alpha value is -4.84. The fraction of sp³-hybridized carbons (Fsp3) is 0.265. The minimum Gasteiger partial charge on any atom is -0.480 e. The van der Waals surface area contributed by atoms with Gasteiger partial charge in [0.05, 0.1) is 10.4 Å². The summed E-state index contributed by atoms with van der Waals surface area (Å²) in [6.07, 6.45) is 1.94. The number of aromatic nitrogens is 2. The molecule has 0 aliphatic carbocycles. The van der Waals surface area contributed by atoms with Crippen molar-refractivity contribution in [3.8, 4) is 11.4 Å². The van der Waals surface area contributed by atoms with Gasteiger partial charge in [0.2, 0.25) is 5.91 Å². The summed E-state index contributed by atoms with van der Waals surface area (Å²) >= 11 is 1.33. The molecule has 0 saturated heterocycles. The van der Waals surface area contributed by atoms with E-state index in [4.69, 9.17) is 0 Å². The van der Waals surface area contributed by atoms with Gasteiger partial charge in [0.15, 0.2) is 5.82 Å². The van der Waals surface area contributed by atoms with E-state index in [2.05, 4.69) is 20.6 Å². The minimum absolute atomic E-state index is 0.0990. The van der Waals surface area contributed by atoms with Crippen LogP contribution in [0.5, 0.6) is 0 Å². The SMILES string of the molecule is C[C@@H](NC(=O)[C@H](Cc1ccc(-c2ncc(/C=C/c3cccc(C(F)(F)F)c3)cn2)cc1)NC(=O)c1ccc(C(C)(C)C)s1)C(=O)O. The number of carboxylic acids is 1. The average molecular weight is 651 g/mol. The van der Waals surface area contributed by atoms with Crippen molar-refractivity contribution in [2.24, 2.45) is 0 Å². The predicted molar refractivity (Wildman–Crippen MR) is 171 cm³/mol. The second-order valence-corrected chi connectivity index (χ2v) is 12.8. The van der Waals surface area contributed by atoms with Gasteiger partial charge >= 0.3 is 12.1 Å². The molecule has 0 saturated carbocycles. The van der Waals surface area contributed by atoms with E-state index in [9.17, 15) is 32.7 Å². The lowest BCUT2D eigenvalue weighted by molar-refractivity contribution is -0.141. The number of alkyl halides is 3. The first kappa shape index (κ1) is 34.0. The lowest BCUT2D eigenvalue weighted by Crippen LogP contribution is -2.51. The zero-order valence-electron chi connectivity index (χ0n) is 25.6. The van der Waals surface area contributed by atoms with Crippen LogP contribution in [0, 0.1) is 0 Å². The van der Waals surface area contributed by atoms with Gasteiger partial charge in [0.1, 0.15) is 12.1 Å². The van der Waals surface area contributed by atoms with Crippen LogP contribution in [-0.2, 0) is 27.6 Å². The molecule has 0 spiro atoms. The fourth-order valence-electron chi connectivity index (χ4n) is 4.29. The molecule has 0 bridgehead atoms. The third-order valence-corrected chi connectivity index (χ3v) is 8.44. The first-order chi connectivity index (χ1) is 21.6. The molecule has 2 aromatic heterocycles. The maximum absolute atomic E-state index is 13.1. The number of nitrogens with zero attached hydrogens (tertiary/aromatic N) is 2. The highest BCUT2D eigenvalue weighted by molar-refractivity contribution is 7.14. The first-order valence-corrected chi connectivity index (χ1v) is 15.1. The van der Waals surface area contributed by atoms with Crippen molar-refractivity contribution in [3.63, 3.8) is 0 Å². The molecule has 2 aromatic carbocycles. The number of rotatable bonds is 10. The second-order valence-electron chi connectivity index (χ2n) is 11.7. The quantitative estimate of drug-likeness (QED) is 0.177. The average Bonchev–Trinajstić information content (AvgIpc) is 3.52. The number of thiophene rings is 1. The summed E-state index contributed by atoms with van der Waals surface area (Å²) in [5, 5.41) is 14.5. The van der Waals surface area contributed by atoms with Crippen LogP contribution in [0.25, 0.3) is 23.5 Å². The molecule has 2 amide bonds. The largest absolute Gasteiger partial charge is 0.480 e. The number of halogens is 3. The van der Waals surface area contributed by atoms with Crippen molar-refractivity contribution in [3.05, 3.63) is 105 Å². The molecule has 0 aliphatic rings. The number of hydrogen-bond donors (Lipinski definition) is 3. The van der Waals surface area contributed by atoms with Crippen LogP contribution in [0.3, 0.4) is 0 Å². The Bertz CT molecular complexity index is 1730. The zero-order chi connectivity index (χ0) is 33.6. The van der Waals surface area contributed by atoms with E-state index in [-0.39, 0.29) is 11.8 Å². The molecule has 2 heterocycles. The number of nitrogens with one attached hydrogen (secondary N) is 2. The van der Waals surface area contributed by atoms with Crippen LogP contribution >= 0.6 is 11.3 Å². The highest BCUT2D eigenvalue weighted by Crippen LogP contribution is 2.31. The number of benzene rings is 2. The molecule has 46 heavy (non-hydrogen) atoms. The smallest absolute Gasteiger partial charge is 0.416 e. The predicted octanol–water partition coefficient (Wildman–Crippen LogP) is 6.62. The molecule has 2 atom stereocenters. The van der Waals surface area contributed by atoms with Gasteiger partial charge in [-0.1, -0.05) is 69.3 Å². The molecule has 4 rings (SSSR count). The number of amides is 2. The van der Waals surface area contributed by atoms with Gasteiger partial charge in [0.25, 0.3) is 5.91 Å². The number of carbonyl (C=O) groups excluding carboxylic acids is 2. The van der Waals surface area contributed by atoms with Gasteiger partial charge in [-0.15, -0.1) is 11.3 Å². The molecular weight excluding hydrogens is 617 g/mol. The van der Waals surface area contributed by atoms with Crippen LogP contribution in [0.15, 0.2) is 73.1 Å². The van der Waals surface area contributed by atoms with E-state index < -0.39 is 41.6 Å². The molecule has 240 valence electrons. The normalized spacial score (nSPS) is 13.3. The summed E-state index contributed by atoms with van der Waals surface area (Å²) in [5.74, 6) is -1.85. The Morgan fingerprint density at radius 1 is 0.913 bits per heavy atom. The van der Waals surface area contributed by atoms with Gasteiger partial charge in [-0.2, -0.15) is 13.2 Å². The van der Waals surface area contributed by atoms with Gasteiger partial charge in [-0.3, -0.25) is 14.4 Å². The Balaban J connectivity index is 1.46. The molecule has 0 unspecified atom stereocenters. The third-order valence-electron chi connectivity index (χ3n) is 6.93. The molecule has 4 aromatic rings. The summed E-state index contributed by atoms with van der Waals surface area (Å²) in [4.78, 5) is 47.7. The highest BCUT2D eigenvalue weighted by atomic mass is 32.1. The topological polar surface area (TPSA) is 121 Å². The van der Waals surface area contributed by atoms with Crippen LogP contribution in [-0.4, -0.2) is 44.9 Å². The molecule has 12 heteroatoms. The standard InChI is InChI=1S/C34H33F3N4O4S/c1-20(32(44)45)40-30(42)26(41-31(43)27-14-15-28(46-27)33(2,3)4)17-22-10-12-24(13-11-22)29-38-18-23(19-39-29)9-8-21-6-5-7-25(16-21)34(35,36)37/h5-16,18-20,26H,17H2,1-4H3,(H,40,42)(H,41,43)(H,44,45)/b9-8+/t20-,26+/m1/s1. The van der Waals surface area contributed by atoms with Crippen molar-refractivity contribution < 1.29 is 32.7 Å². The van der Waals surface area contributed by atoms with Crippen LogP contribution in [0.2, 0.25) is 0 Å². The van der Waals surface area contributed by atoms with Crippen molar-refractivity contribution in [1.82, 2.24) is 20.6 Å². The van der Waals surface area contributed by atoms with Gasteiger partial charge in [-0.25, -0.2) is 9.97 Å². The Morgan fingerprint density at radius 3 is 2.15 bits per heavy atom. The number of carboxylic acid groups (broad SMARTS) is 1. The molecule has 3 N–H and O–H groups in total. The molecule has 0 aliphatic heterocycles. The maximum atomic E-state index is 13.1. The summed E-state index contributed by atoms with van der Waals surface area (Å²) in [6.45, 7) is 7.45. The van der Waals surface area contributed by atoms with E-state index in [1.165, 1.54) is 24.3 Å². The monoisotopic (exact) mass is 650 g/mol. The summed E-state index contributed by atoms with van der Waals surface area (Å²) in [6, 6.07) is 13.4. The van der Waals surface area contributed by atoms with E-state index in [0.717, 1.165) is 17.0 Å². The maximum Gasteiger partial charge on any atom is 0.416 e. The van der Waals surface area contributed by atoms with Crippen molar-refractivity contribution in [2.75, 3.05) is 0 Å². The van der Waals surface area contributed by atoms with Crippen LogP contribution in [0.4, 0.5) is 13.2 Å². The molecular formula is C34H33F3N4O4S. The van der Waals surface area contributed by atoms with Gasteiger partial charge < -0.3 is 15.7 Å². The summed E-state index contributed by atoms with van der Waals surface area (Å²) in [5.41, 5.74) is 1.49. The van der Waals surface area contributed by atoms with E-state index in [0.29, 0.717) is 33.0 Å². The van der Waals surface area contributed by atoms with Crippen molar-refractivity contribution >= 4 is 41.3 Å². The lowest BCUT2D eigenvalue weighted by Gasteiger charge is -2.20. The van der Waals surface area contributed by atoms with Crippen LogP contribution in [0.1, 0.15) is 64.5 Å². The summed E-state index contributed by atoms with van der Waals surface area (Å²) in [7, 11) is 0. The fourth-order valence-corrected chi connectivity index (χ4v) is 5.25. The number of hydrogen-bond acceptors (Lipinski definition) is 6. The van der Waals surface area contributed by atoms with Crippen molar-refractivity contribution in [2.45, 2.75) is 57.8 Å². The minimum atomic E-state index is -4.43. The number of aliphatic carboxylic acids is 1. The molecule has 8 nitrogen and oxygen atoms in total. The molecule has 0 fully saturated rings. The van der Waals surface area contributed by atoms with Crippen molar-refractivity contribution in [1.29, 1.82) is 0 Å². The van der Waals surface area contributed by atoms with Crippen LogP contribution < -0.4 is 10.6 Å². The van der Waals surface area contributed by atoms with E-state index in [1.807, 2.05) is 26.8 Å². The van der Waals surface area contributed by atoms with Gasteiger partial charge in [-0.05, 0) is 47.7 Å². The Morgan fingerprint density at radius 2 is 1.57 bits per heavy atom. The Kier molecular flexibility index (Phi) is 10.4. The first-order valence-electron chi connectivity index (χ1n) is 14.3. The third kappa shape index (κ3) is 9.10. The zero-order valence-corrected chi connectivity index (χ0v) is 26.4. The van der Waals surface area contributed by atoms with E-state index >= 15 is 0 Å². The van der Waals surface area contributed by atoms with Gasteiger partial charge in [0, 0.05) is 34.8 Å². The number of carbonyl (C=O) groups is 3.